The molecule has 172 valence electrons. The van der Waals surface area contributed by atoms with Crippen LogP contribution >= 0.6 is 12.2 Å². The van der Waals surface area contributed by atoms with E-state index in [9.17, 15) is 0 Å². The maximum Gasteiger partial charge on any atom is 0.170 e. The second kappa shape index (κ2) is 9.03. The topological polar surface area (TPSA) is 46.0 Å². The highest BCUT2D eigenvalue weighted by molar-refractivity contribution is 7.80. The van der Waals surface area contributed by atoms with Crippen molar-refractivity contribution < 1.29 is 0 Å². The summed E-state index contributed by atoms with van der Waals surface area (Å²) in [4.78, 5) is 11.5. The molecule has 0 saturated carbocycles. The lowest BCUT2D eigenvalue weighted by Gasteiger charge is -2.28. The number of nitrogens with zero attached hydrogens (tertiary/aromatic N) is 4. The van der Waals surface area contributed by atoms with Crippen LogP contribution < -0.4 is 5.32 Å². The molecule has 4 aromatic rings. The number of nitrogens with one attached hydrogen (secondary N) is 1. The molecule has 1 aliphatic heterocycles. The molecule has 0 radical (unpaired) electrons. The van der Waals surface area contributed by atoms with Gasteiger partial charge in [-0.1, -0.05) is 24.3 Å². The van der Waals surface area contributed by atoms with E-state index in [0.717, 1.165) is 16.5 Å². The molecule has 1 aliphatic rings. The quantitative estimate of drug-likeness (QED) is 0.383. The Bertz CT molecular complexity index is 1330. The number of thiocarbonyl (C=S) groups is 1. The molecule has 0 bridgehead atoms. The molecule has 6 heteroatoms. The van der Waals surface area contributed by atoms with Gasteiger partial charge in [0.25, 0.3) is 0 Å². The molecular weight excluding hydrogens is 438 g/mol. The molecule has 5 nitrogen and oxygen atoms in total. The predicted molar refractivity (Wildman–Crippen MR) is 140 cm³/mol. The van der Waals surface area contributed by atoms with Gasteiger partial charge in [-0.3, -0.25) is 9.97 Å². The van der Waals surface area contributed by atoms with Gasteiger partial charge < -0.3 is 14.8 Å². The number of hydrogen-bond donors (Lipinski definition) is 1. The number of hydrogen-bond acceptors (Lipinski definition) is 3. The Balaban J connectivity index is 1.64. The first kappa shape index (κ1) is 22.3. The van der Waals surface area contributed by atoms with Crippen molar-refractivity contribution in [3.05, 3.63) is 113 Å². The van der Waals surface area contributed by atoms with Gasteiger partial charge in [-0.05, 0) is 93.0 Å². The SMILES string of the molecule is Cc1ccc(C)c(-n2c(C)cc([C@@H]3[C@@H](c4ccccn4)NC(=S)N3Cc3ccccn3)c2C)c1. The Morgan fingerprint density at radius 3 is 2.38 bits per heavy atom. The van der Waals surface area contributed by atoms with Crippen LogP contribution in [0.4, 0.5) is 0 Å². The fraction of sp³-hybridized carbons (Fsp3) is 0.250. The minimum Gasteiger partial charge on any atom is -0.352 e. The van der Waals surface area contributed by atoms with E-state index < -0.39 is 0 Å². The minimum atomic E-state index is -0.0510. The third-order valence-electron chi connectivity index (χ3n) is 6.65. The van der Waals surface area contributed by atoms with Crippen LogP contribution in [0.15, 0.2) is 73.1 Å². The van der Waals surface area contributed by atoms with Gasteiger partial charge in [0.05, 0.1) is 30.0 Å². The summed E-state index contributed by atoms with van der Waals surface area (Å²) in [5.74, 6) is 0. The van der Waals surface area contributed by atoms with Gasteiger partial charge in [0.15, 0.2) is 5.11 Å². The largest absolute Gasteiger partial charge is 0.352 e. The molecule has 1 N–H and O–H groups in total. The van der Waals surface area contributed by atoms with Crippen molar-refractivity contribution in [1.29, 1.82) is 0 Å². The fourth-order valence-electron chi connectivity index (χ4n) is 5.00. The van der Waals surface area contributed by atoms with Crippen molar-refractivity contribution in [1.82, 2.24) is 24.8 Å². The summed E-state index contributed by atoms with van der Waals surface area (Å²) in [6.07, 6.45) is 3.68. The molecule has 5 rings (SSSR count). The monoisotopic (exact) mass is 467 g/mol. The lowest BCUT2D eigenvalue weighted by atomic mass is 9.96. The van der Waals surface area contributed by atoms with Crippen LogP contribution in [-0.2, 0) is 6.54 Å². The Morgan fingerprint density at radius 2 is 1.68 bits per heavy atom. The highest BCUT2D eigenvalue weighted by atomic mass is 32.1. The summed E-state index contributed by atoms with van der Waals surface area (Å²) in [7, 11) is 0. The van der Waals surface area contributed by atoms with Crippen LogP contribution in [0, 0.1) is 27.7 Å². The smallest absolute Gasteiger partial charge is 0.170 e. The second-order valence-electron chi connectivity index (χ2n) is 9.03. The van der Waals surface area contributed by atoms with E-state index in [2.05, 4.69) is 82.8 Å². The second-order valence-corrected chi connectivity index (χ2v) is 9.41. The zero-order valence-electron chi connectivity index (χ0n) is 20.0. The number of benzene rings is 1. The third-order valence-corrected chi connectivity index (χ3v) is 7.00. The third kappa shape index (κ3) is 3.99. The molecule has 3 aromatic heterocycles. The maximum atomic E-state index is 5.86. The van der Waals surface area contributed by atoms with E-state index >= 15 is 0 Å². The number of pyridine rings is 2. The molecule has 0 amide bonds. The van der Waals surface area contributed by atoms with Gasteiger partial charge in [0.1, 0.15) is 0 Å². The predicted octanol–water partition coefficient (Wildman–Crippen LogP) is 5.67. The minimum absolute atomic E-state index is 0.00512. The van der Waals surface area contributed by atoms with Crippen LogP contribution in [0.2, 0.25) is 0 Å². The molecule has 2 atom stereocenters. The number of rotatable bonds is 5. The first-order valence-corrected chi connectivity index (χ1v) is 12.0. The summed E-state index contributed by atoms with van der Waals surface area (Å²) in [5.41, 5.74) is 9.37. The van der Waals surface area contributed by atoms with E-state index in [1.165, 1.54) is 33.8 Å². The van der Waals surface area contributed by atoms with Gasteiger partial charge in [-0.15, -0.1) is 0 Å². The molecule has 0 spiro atoms. The van der Waals surface area contributed by atoms with Crippen molar-refractivity contribution in [3.8, 4) is 5.69 Å². The highest BCUT2D eigenvalue weighted by Crippen LogP contribution is 2.42. The maximum absolute atomic E-state index is 5.86. The summed E-state index contributed by atoms with van der Waals surface area (Å²) in [6, 6.07) is 20.9. The highest BCUT2D eigenvalue weighted by Gasteiger charge is 2.41. The molecule has 0 aliphatic carbocycles. The normalized spacial score (nSPS) is 17.8. The first-order valence-electron chi connectivity index (χ1n) is 11.6. The molecule has 1 aromatic carbocycles. The van der Waals surface area contributed by atoms with E-state index in [4.69, 9.17) is 12.2 Å². The summed E-state index contributed by atoms with van der Waals surface area (Å²) < 4.78 is 2.37. The van der Waals surface area contributed by atoms with E-state index in [0.29, 0.717) is 6.54 Å². The van der Waals surface area contributed by atoms with E-state index in [-0.39, 0.29) is 12.1 Å². The number of aryl methyl sites for hydroxylation is 3. The van der Waals surface area contributed by atoms with Crippen LogP contribution in [-0.4, -0.2) is 24.5 Å². The Kier molecular flexibility index (Phi) is 5.92. The van der Waals surface area contributed by atoms with Gasteiger partial charge >= 0.3 is 0 Å². The van der Waals surface area contributed by atoms with Crippen LogP contribution in [0.1, 0.15) is 51.5 Å². The van der Waals surface area contributed by atoms with Crippen molar-refractivity contribution in [3.63, 3.8) is 0 Å². The fourth-order valence-corrected chi connectivity index (χ4v) is 5.30. The summed E-state index contributed by atoms with van der Waals surface area (Å²) >= 11 is 5.86. The van der Waals surface area contributed by atoms with Crippen molar-refractivity contribution in [2.75, 3.05) is 0 Å². The molecule has 4 heterocycles. The first-order chi connectivity index (χ1) is 16.4. The van der Waals surface area contributed by atoms with Gasteiger partial charge in [-0.25, -0.2) is 0 Å². The molecule has 1 fully saturated rings. The van der Waals surface area contributed by atoms with Crippen molar-refractivity contribution in [2.24, 2.45) is 0 Å². The summed E-state index contributed by atoms with van der Waals surface area (Å²) in [6.45, 7) is 9.33. The van der Waals surface area contributed by atoms with E-state index in [1.54, 1.807) is 0 Å². The van der Waals surface area contributed by atoms with Crippen LogP contribution in [0.5, 0.6) is 0 Å². The van der Waals surface area contributed by atoms with Crippen molar-refractivity contribution >= 4 is 17.3 Å². The van der Waals surface area contributed by atoms with Gasteiger partial charge in [-0.2, -0.15) is 0 Å². The van der Waals surface area contributed by atoms with Crippen LogP contribution in [0.25, 0.3) is 5.69 Å². The summed E-state index contributed by atoms with van der Waals surface area (Å²) in [5, 5.41) is 4.29. The Labute approximate surface area is 206 Å². The Morgan fingerprint density at radius 1 is 0.912 bits per heavy atom. The molecule has 0 unspecified atom stereocenters. The Hall–Kier alpha value is -3.51. The lowest BCUT2D eigenvalue weighted by Crippen LogP contribution is -2.29. The molecular formula is C28H29N5S. The average Bonchev–Trinajstić information content (AvgIpc) is 3.31. The van der Waals surface area contributed by atoms with Crippen LogP contribution in [0.3, 0.4) is 0 Å². The lowest BCUT2D eigenvalue weighted by molar-refractivity contribution is 0.307. The average molecular weight is 468 g/mol. The van der Waals surface area contributed by atoms with Gasteiger partial charge in [0, 0.05) is 29.5 Å². The molecule has 1 saturated heterocycles. The standard InChI is InChI=1S/C28H29N5S/c1-18-11-12-19(2)25(15-18)33-20(3)16-23(21(33)4)27-26(24-10-6-8-14-30-24)31-28(34)32(27)17-22-9-5-7-13-29-22/h5-16,26-27H,17H2,1-4H3,(H,31,34)/t26-,27-/m1/s1. The zero-order chi connectivity index (χ0) is 23.8. The molecule has 34 heavy (non-hydrogen) atoms. The zero-order valence-corrected chi connectivity index (χ0v) is 20.8. The van der Waals surface area contributed by atoms with Crippen molar-refractivity contribution in [2.45, 2.75) is 46.3 Å². The van der Waals surface area contributed by atoms with Gasteiger partial charge in [0.2, 0.25) is 0 Å². The number of aromatic nitrogens is 3. The van der Waals surface area contributed by atoms with E-state index in [1.807, 2.05) is 42.7 Å².